The van der Waals surface area contributed by atoms with Gasteiger partial charge in [-0.25, -0.2) is 0 Å². The molecule has 1 N–H and O–H groups in total. The van der Waals surface area contributed by atoms with Crippen molar-refractivity contribution in [1.82, 2.24) is 25.5 Å². The van der Waals surface area contributed by atoms with Crippen LogP contribution in [0.4, 0.5) is 0 Å². The summed E-state index contributed by atoms with van der Waals surface area (Å²) in [6.45, 7) is 2.27. The Hall–Kier alpha value is -2.67. The summed E-state index contributed by atoms with van der Waals surface area (Å²) in [6, 6.07) is 15.4. The Bertz CT molecular complexity index is 844. The molecular formula is C17H17N5OS. The van der Waals surface area contributed by atoms with Crippen molar-refractivity contribution >= 4 is 17.7 Å². The van der Waals surface area contributed by atoms with E-state index in [2.05, 4.69) is 20.8 Å². The summed E-state index contributed by atoms with van der Waals surface area (Å²) in [4.78, 5) is 13.3. The van der Waals surface area contributed by atoms with Gasteiger partial charge in [-0.15, -0.1) is 16.9 Å². The fraction of sp³-hybridized carbons (Fsp3) is 0.176. The molecule has 3 rings (SSSR count). The van der Waals surface area contributed by atoms with Gasteiger partial charge in [0.1, 0.15) is 0 Å². The lowest BCUT2D eigenvalue weighted by Gasteiger charge is -2.09. The highest BCUT2D eigenvalue weighted by molar-refractivity contribution is 7.98. The van der Waals surface area contributed by atoms with E-state index in [4.69, 9.17) is 0 Å². The van der Waals surface area contributed by atoms with Gasteiger partial charge in [0, 0.05) is 4.90 Å². The summed E-state index contributed by atoms with van der Waals surface area (Å²) in [5.41, 5.74) is 2.68. The first-order valence-corrected chi connectivity index (χ1v) is 8.67. The monoisotopic (exact) mass is 339 g/mol. The number of thioether (sulfide) groups is 1. The van der Waals surface area contributed by atoms with Gasteiger partial charge in [-0.2, -0.15) is 4.68 Å². The minimum absolute atomic E-state index is 0.140. The molecule has 0 aliphatic rings. The van der Waals surface area contributed by atoms with Crippen molar-refractivity contribution in [2.45, 2.75) is 18.4 Å². The average Bonchev–Trinajstić information content (AvgIpc) is 3.08. The van der Waals surface area contributed by atoms with Crippen molar-refractivity contribution in [2.75, 3.05) is 6.26 Å². The van der Waals surface area contributed by atoms with Gasteiger partial charge in [0.2, 0.25) is 0 Å². The summed E-state index contributed by atoms with van der Waals surface area (Å²) >= 11 is 1.54. The Kier molecular flexibility index (Phi) is 4.90. The highest BCUT2D eigenvalue weighted by Gasteiger charge is 2.13. The molecule has 0 fully saturated rings. The first-order valence-electron chi connectivity index (χ1n) is 7.44. The molecule has 122 valence electrons. The van der Waals surface area contributed by atoms with Crippen LogP contribution in [0.2, 0.25) is 0 Å². The van der Waals surface area contributed by atoms with Crippen molar-refractivity contribution in [3.63, 3.8) is 0 Å². The van der Waals surface area contributed by atoms with E-state index in [9.17, 15) is 4.79 Å². The van der Waals surface area contributed by atoms with Crippen LogP contribution in [0, 0.1) is 6.92 Å². The van der Waals surface area contributed by atoms with Crippen LogP contribution in [0.1, 0.15) is 21.7 Å². The normalized spacial score (nSPS) is 10.6. The van der Waals surface area contributed by atoms with E-state index in [-0.39, 0.29) is 12.5 Å². The maximum atomic E-state index is 12.4. The Balaban J connectivity index is 1.75. The zero-order valence-electron chi connectivity index (χ0n) is 13.4. The fourth-order valence-electron chi connectivity index (χ4n) is 2.29. The van der Waals surface area contributed by atoms with Crippen LogP contribution in [0.25, 0.3) is 5.69 Å². The number of amides is 1. The lowest BCUT2D eigenvalue weighted by molar-refractivity contribution is 0.0946. The lowest BCUT2D eigenvalue weighted by atomic mass is 10.2. The first kappa shape index (κ1) is 16.2. The van der Waals surface area contributed by atoms with Crippen molar-refractivity contribution in [3.8, 4) is 5.69 Å². The summed E-state index contributed by atoms with van der Waals surface area (Å²) in [6.07, 6.45) is 1.95. The summed E-state index contributed by atoms with van der Waals surface area (Å²) in [5.74, 6) is 0.437. The molecule has 0 radical (unpaired) electrons. The predicted molar refractivity (Wildman–Crippen MR) is 93.3 cm³/mol. The van der Waals surface area contributed by atoms with Crippen molar-refractivity contribution in [2.24, 2.45) is 0 Å². The van der Waals surface area contributed by atoms with E-state index in [1.807, 2.05) is 61.7 Å². The Morgan fingerprint density at radius 1 is 1.17 bits per heavy atom. The topological polar surface area (TPSA) is 72.7 Å². The van der Waals surface area contributed by atoms with Crippen LogP contribution in [0.3, 0.4) is 0 Å². The number of benzene rings is 2. The highest BCUT2D eigenvalue weighted by Crippen LogP contribution is 2.19. The molecule has 0 bridgehead atoms. The Morgan fingerprint density at radius 3 is 2.67 bits per heavy atom. The molecule has 7 heteroatoms. The summed E-state index contributed by atoms with van der Waals surface area (Å²) < 4.78 is 1.63. The third kappa shape index (κ3) is 3.46. The highest BCUT2D eigenvalue weighted by atomic mass is 32.2. The number of nitrogens with one attached hydrogen (secondary N) is 1. The summed E-state index contributed by atoms with van der Waals surface area (Å²) in [5, 5.41) is 14.6. The number of hydrogen-bond donors (Lipinski definition) is 1. The number of carbonyl (C=O) groups is 1. The molecule has 0 aliphatic heterocycles. The predicted octanol–water partition coefficient (Wildman–Crippen LogP) is 2.62. The van der Waals surface area contributed by atoms with E-state index in [0.29, 0.717) is 11.4 Å². The molecule has 2 aromatic carbocycles. The SMILES string of the molecule is CSc1ccccc1C(=O)NCc1nnnn1-c1ccc(C)cc1. The third-order valence-corrected chi connectivity index (χ3v) is 4.37. The number of hydrogen-bond acceptors (Lipinski definition) is 5. The lowest BCUT2D eigenvalue weighted by Crippen LogP contribution is -2.25. The van der Waals surface area contributed by atoms with E-state index < -0.39 is 0 Å². The van der Waals surface area contributed by atoms with Gasteiger partial charge in [-0.1, -0.05) is 29.8 Å². The van der Waals surface area contributed by atoms with Crippen molar-refractivity contribution in [3.05, 3.63) is 65.5 Å². The van der Waals surface area contributed by atoms with Gasteiger partial charge in [0.15, 0.2) is 5.82 Å². The quantitative estimate of drug-likeness (QED) is 0.724. The molecule has 0 saturated heterocycles. The van der Waals surface area contributed by atoms with Gasteiger partial charge in [0.05, 0.1) is 17.8 Å². The molecule has 0 unspecified atom stereocenters. The maximum absolute atomic E-state index is 12.4. The number of aromatic nitrogens is 4. The third-order valence-electron chi connectivity index (χ3n) is 3.57. The van der Waals surface area contributed by atoms with Crippen molar-refractivity contribution < 1.29 is 4.79 Å². The molecule has 3 aromatic rings. The summed E-state index contributed by atoms with van der Waals surface area (Å²) in [7, 11) is 0. The number of rotatable bonds is 5. The Labute approximate surface area is 144 Å². The molecule has 24 heavy (non-hydrogen) atoms. The van der Waals surface area contributed by atoms with Crippen LogP contribution < -0.4 is 5.32 Å². The largest absolute Gasteiger partial charge is 0.345 e. The van der Waals surface area contributed by atoms with E-state index in [1.54, 1.807) is 16.4 Å². The molecule has 1 aromatic heterocycles. The van der Waals surface area contributed by atoms with E-state index in [0.717, 1.165) is 16.1 Å². The minimum Gasteiger partial charge on any atom is -0.345 e. The van der Waals surface area contributed by atoms with Crippen LogP contribution in [-0.2, 0) is 6.54 Å². The molecule has 0 atom stereocenters. The van der Waals surface area contributed by atoms with Gasteiger partial charge < -0.3 is 5.32 Å². The number of carbonyl (C=O) groups excluding carboxylic acids is 1. The maximum Gasteiger partial charge on any atom is 0.252 e. The zero-order chi connectivity index (χ0) is 16.9. The van der Waals surface area contributed by atoms with Crippen molar-refractivity contribution in [1.29, 1.82) is 0 Å². The number of aryl methyl sites for hydroxylation is 1. The zero-order valence-corrected chi connectivity index (χ0v) is 14.2. The minimum atomic E-state index is -0.140. The van der Waals surface area contributed by atoms with Gasteiger partial charge in [-0.05, 0) is 47.9 Å². The Morgan fingerprint density at radius 2 is 1.92 bits per heavy atom. The number of nitrogens with zero attached hydrogens (tertiary/aromatic N) is 4. The fourth-order valence-corrected chi connectivity index (χ4v) is 2.88. The van der Waals surface area contributed by atoms with Gasteiger partial charge in [-0.3, -0.25) is 4.79 Å². The molecule has 0 saturated carbocycles. The molecule has 6 nitrogen and oxygen atoms in total. The molecular weight excluding hydrogens is 322 g/mol. The first-order chi connectivity index (χ1) is 11.7. The van der Waals surface area contributed by atoms with Gasteiger partial charge in [0.25, 0.3) is 5.91 Å². The van der Waals surface area contributed by atoms with E-state index in [1.165, 1.54) is 0 Å². The second-order valence-electron chi connectivity index (χ2n) is 5.23. The second kappa shape index (κ2) is 7.27. The average molecular weight is 339 g/mol. The van der Waals surface area contributed by atoms with Crippen LogP contribution in [0.5, 0.6) is 0 Å². The van der Waals surface area contributed by atoms with E-state index >= 15 is 0 Å². The van der Waals surface area contributed by atoms with Crippen LogP contribution in [0.15, 0.2) is 53.4 Å². The smallest absolute Gasteiger partial charge is 0.252 e. The van der Waals surface area contributed by atoms with Crippen LogP contribution >= 0.6 is 11.8 Å². The molecule has 0 spiro atoms. The van der Waals surface area contributed by atoms with Gasteiger partial charge >= 0.3 is 0 Å². The van der Waals surface area contributed by atoms with Crippen LogP contribution in [-0.4, -0.2) is 32.4 Å². The molecule has 1 heterocycles. The standard InChI is InChI=1S/C17H17N5OS/c1-12-7-9-13(10-8-12)22-16(19-20-21-22)11-18-17(23)14-5-3-4-6-15(14)24-2/h3-10H,11H2,1-2H3,(H,18,23). The number of tetrazole rings is 1. The molecule has 1 amide bonds. The second-order valence-corrected chi connectivity index (χ2v) is 6.07. The molecule has 0 aliphatic carbocycles.